The van der Waals surface area contributed by atoms with Gasteiger partial charge >= 0.3 is 18.2 Å². The Morgan fingerprint density at radius 2 is 1.46 bits per heavy atom. The minimum absolute atomic E-state index is 0.00891. The number of thioether (sulfide) groups is 1. The summed E-state index contributed by atoms with van der Waals surface area (Å²) in [7, 11) is 0. The molecule has 9 heteroatoms. The van der Waals surface area contributed by atoms with E-state index in [1.807, 2.05) is 0 Å². The van der Waals surface area contributed by atoms with Crippen LogP contribution in [-0.4, -0.2) is 63.5 Å². The summed E-state index contributed by atoms with van der Waals surface area (Å²) in [6.07, 6.45) is -2.12. The Kier molecular flexibility index (Phi) is 8.56. The molecule has 0 radical (unpaired) electrons. The van der Waals surface area contributed by atoms with Gasteiger partial charge in [-0.3, -0.25) is 0 Å². The Hall–Kier alpha value is -1.48. The molecule has 1 unspecified atom stereocenters. The fraction of sp³-hybridized carbons (Fsp3) is 0.800. The molecule has 0 saturated carbocycles. The van der Waals surface area contributed by atoms with E-state index in [0.717, 1.165) is 0 Å². The number of hydrogen-bond acceptors (Lipinski definition) is 7. The van der Waals surface area contributed by atoms with E-state index in [1.165, 1.54) is 11.8 Å². The first kappa shape index (κ1) is 22.5. The summed E-state index contributed by atoms with van der Waals surface area (Å²) in [5.74, 6) is -0.832. The predicted octanol–water partition coefficient (Wildman–Crippen LogP) is 2.30. The van der Waals surface area contributed by atoms with Gasteiger partial charge in [0.2, 0.25) is 0 Å². The third-order valence-electron chi connectivity index (χ3n) is 2.32. The molecule has 0 saturated heterocycles. The fourth-order valence-electron chi connectivity index (χ4n) is 1.49. The lowest BCUT2D eigenvalue weighted by molar-refractivity contribution is -0.142. The van der Waals surface area contributed by atoms with Gasteiger partial charge in [0.15, 0.2) is 6.04 Å². The van der Waals surface area contributed by atoms with Gasteiger partial charge in [-0.1, -0.05) is 0 Å². The molecular formula is C15H28N2O6S. The molecule has 24 heavy (non-hydrogen) atoms. The standard InChI is InChI=1S/C15H28N2O6S/c1-14(2,3)22-12(20)17(13(21)23-15(4,5)6)10(11(18)19)9-24-8-7-16/h10H,7-9,16H2,1-6H3,(H,18,19). The number of carbonyl (C=O) groups is 3. The number of aliphatic carboxylic acids is 1. The van der Waals surface area contributed by atoms with Gasteiger partial charge in [0.05, 0.1) is 0 Å². The second kappa shape index (κ2) is 9.12. The smallest absolute Gasteiger partial charge is 0.420 e. The Morgan fingerprint density at radius 1 is 1.04 bits per heavy atom. The SMILES string of the molecule is CC(C)(C)OC(=O)N(C(=O)OC(C)(C)C)C(CSCCN)C(=O)O. The molecule has 0 aromatic rings. The van der Waals surface area contributed by atoms with E-state index in [4.69, 9.17) is 15.2 Å². The Balaban J connectivity index is 5.50. The number of imide groups is 1. The maximum Gasteiger partial charge on any atom is 0.420 e. The molecule has 0 aliphatic rings. The molecular weight excluding hydrogens is 336 g/mol. The molecule has 0 fully saturated rings. The number of carbonyl (C=O) groups excluding carboxylic acids is 2. The zero-order valence-electron chi connectivity index (χ0n) is 15.1. The summed E-state index contributed by atoms with van der Waals surface area (Å²) in [6.45, 7) is 10.1. The lowest BCUT2D eigenvalue weighted by Crippen LogP contribution is -2.53. The maximum atomic E-state index is 12.4. The first-order valence-corrected chi connectivity index (χ1v) is 8.70. The number of nitrogens with zero attached hydrogens (tertiary/aromatic N) is 1. The molecule has 140 valence electrons. The molecule has 0 aromatic heterocycles. The molecule has 8 nitrogen and oxygen atoms in total. The maximum absolute atomic E-state index is 12.4. The average Bonchev–Trinajstić information content (AvgIpc) is 2.32. The molecule has 0 aromatic carbocycles. The van der Waals surface area contributed by atoms with Crippen LogP contribution in [0.3, 0.4) is 0 Å². The number of rotatable bonds is 6. The average molecular weight is 364 g/mol. The van der Waals surface area contributed by atoms with Crippen LogP contribution in [0.25, 0.3) is 0 Å². The van der Waals surface area contributed by atoms with Gasteiger partial charge in [-0.25, -0.2) is 14.4 Å². The van der Waals surface area contributed by atoms with E-state index in [9.17, 15) is 19.5 Å². The summed E-state index contributed by atoms with van der Waals surface area (Å²) < 4.78 is 10.3. The van der Waals surface area contributed by atoms with Gasteiger partial charge in [-0.05, 0) is 41.5 Å². The highest BCUT2D eigenvalue weighted by atomic mass is 32.2. The lowest BCUT2D eigenvalue weighted by Gasteiger charge is -2.31. The highest BCUT2D eigenvalue weighted by Crippen LogP contribution is 2.19. The first-order chi connectivity index (χ1) is 10.8. The van der Waals surface area contributed by atoms with Crippen molar-refractivity contribution >= 4 is 29.9 Å². The lowest BCUT2D eigenvalue weighted by atomic mass is 10.2. The summed E-state index contributed by atoms with van der Waals surface area (Å²) in [5, 5.41) is 9.44. The first-order valence-electron chi connectivity index (χ1n) is 7.54. The van der Waals surface area contributed by atoms with Crippen molar-refractivity contribution in [1.29, 1.82) is 0 Å². The van der Waals surface area contributed by atoms with Crippen LogP contribution in [0, 0.1) is 0 Å². The largest absolute Gasteiger partial charge is 0.480 e. The third kappa shape index (κ3) is 8.97. The molecule has 0 aliphatic carbocycles. The molecule has 0 rings (SSSR count). The highest BCUT2D eigenvalue weighted by Gasteiger charge is 2.40. The summed E-state index contributed by atoms with van der Waals surface area (Å²) >= 11 is 1.23. The number of amides is 2. The van der Waals surface area contributed by atoms with Gasteiger partial charge in [-0.15, -0.1) is 0 Å². The van der Waals surface area contributed by atoms with E-state index in [0.29, 0.717) is 17.2 Å². The molecule has 2 amide bonds. The zero-order chi connectivity index (χ0) is 19.1. The van der Waals surface area contributed by atoms with E-state index in [2.05, 4.69) is 0 Å². The molecule has 3 N–H and O–H groups in total. The van der Waals surface area contributed by atoms with Crippen LogP contribution in [0.1, 0.15) is 41.5 Å². The van der Waals surface area contributed by atoms with Gasteiger partial charge in [0, 0.05) is 18.1 Å². The Labute approximate surface area is 147 Å². The second-order valence-corrected chi connectivity index (χ2v) is 8.20. The van der Waals surface area contributed by atoms with E-state index < -0.39 is 35.4 Å². The van der Waals surface area contributed by atoms with Gasteiger partial charge in [0.25, 0.3) is 0 Å². The van der Waals surface area contributed by atoms with Crippen LogP contribution in [0.2, 0.25) is 0 Å². The van der Waals surface area contributed by atoms with Crippen molar-refractivity contribution in [2.75, 3.05) is 18.1 Å². The summed E-state index contributed by atoms with van der Waals surface area (Å²) in [4.78, 5) is 36.8. The van der Waals surface area contributed by atoms with Crippen LogP contribution in [0.15, 0.2) is 0 Å². The predicted molar refractivity (Wildman–Crippen MR) is 92.1 cm³/mol. The monoisotopic (exact) mass is 364 g/mol. The minimum Gasteiger partial charge on any atom is -0.480 e. The molecule has 0 spiro atoms. The number of nitrogens with two attached hydrogens (primary N) is 1. The minimum atomic E-state index is -1.41. The quantitative estimate of drug-likeness (QED) is 0.689. The fourth-order valence-corrected chi connectivity index (χ4v) is 2.33. The van der Waals surface area contributed by atoms with Crippen molar-refractivity contribution in [3.05, 3.63) is 0 Å². The number of hydrogen-bond donors (Lipinski definition) is 2. The van der Waals surface area contributed by atoms with Crippen molar-refractivity contribution in [2.45, 2.75) is 58.8 Å². The van der Waals surface area contributed by atoms with E-state index in [1.54, 1.807) is 41.5 Å². The van der Waals surface area contributed by atoms with Gasteiger partial charge in [-0.2, -0.15) is 16.7 Å². The van der Waals surface area contributed by atoms with Gasteiger partial charge < -0.3 is 20.3 Å². The Morgan fingerprint density at radius 3 is 1.75 bits per heavy atom. The normalized spacial score (nSPS) is 13.1. The number of carboxylic acids is 1. The third-order valence-corrected chi connectivity index (χ3v) is 3.39. The van der Waals surface area contributed by atoms with Crippen molar-refractivity contribution < 1.29 is 29.0 Å². The summed E-state index contributed by atoms with van der Waals surface area (Å²) in [6, 6.07) is -1.41. The topological polar surface area (TPSA) is 119 Å². The van der Waals surface area contributed by atoms with Crippen LogP contribution >= 0.6 is 11.8 Å². The van der Waals surface area contributed by atoms with E-state index >= 15 is 0 Å². The molecule has 1 atom stereocenters. The molecule has 0 heterocycles. The summed E-state index contributed by atoms with van der Waals surface area (Å²) in [5.41, 5.74) is 3.62. The molecule has 0 bridgehead atoms. The van der Waals surface area contributed by atoms with Crippen molar-refractivity contribution in [3.63, 3.8) is 0 Å². The Bertz CT molecular complexity index is 428. The number of carboxylic acid groups (broad SMARTS) is 1. The second-order valence-electron chi connectivity index (χ2n) is 7.05. The van der Waals surface area contributed by atoms with Crippen molar-refractivity contribution in [1.82, 2.24) is 4.90 Å². The van der Waals surface area contributed by atoms with Crippen LogP contribution in [-0.2, 0) is 14.3 Å². The van der Waals surface area contributed by atoms with Crippen LogP contribution in [0.4, 0.5) is 9.59 Å². The van der Waals surface area contributed by atoms with Crippen LogP contribution in [0.5, 0.6) is 0 Å². The van der Waals surface area contributed by atoms with Crippen LogP contribution < -0.4 is 5.73 Å². The number of ether oxygens (including phenoxy) is 2. The highest BCUT2D eigenvalue weighted by molar-refractivity contribution is 7.99. The van der Waals surface area contributed by atoms with Gasteiger partial charge in [0.1, 0.15) is 11.2 Å². The van der Waals surface area contributed by atoms with Crippen molar-refractivity contribution in [2.24, 2.45) is 5.73 Å². The van der Waals surface area contributed by atoms with Crippen molar-refractivity contribution in [3.8, 4) is 0 Å². The zero-order valence-corrected chi connectivity index (χ0v) is 15.9. The van der Waals surface area contributed by atoms with E-state index in [-0.39, 0.29) is 5.75 Å². The molecule has 0 aliphatic heterocycles.